The van der Waals surface area contributed by atoms with Crippen molar-refractivity contribution in [1.29, 1.82) is 0 Å². The molecule has 4 aromatic rings. The molecule has 6 nitrogen and oxygen atoms in total. The molecule has 0 atom stereocenters. The summed E-state index contributed by atoms with van der Waals surface area (Å²) in [7, 11) is 0. The van der Waals surface area contributed by atoms with Crippen molar-refractivity contribution in [3.05, 3.63) is 69.6 Å². The summed E-state index contributed by atoms with van der Waals surface area (Å²) >= 11 is 0.924. The van der Waals surface area contributed by atoms with Crippen molar-refractivity contribution < 1.29 is 14.1 Å². The minimum absolute atomic E-state index is 0.0621. The summed E-state index contributed by atoms with van der Waals surface area (Å²) < 4.78 is 5.78. The Morgan fingerprint density at radius 3 is 2.67 bits per heavy atom. The molecule has 7 heteroatoms. The topological polar surface area (TPSA) is 85.4 Å². The van der Waals surface area contributed by atoms with Crippen LogP contribution in [0.4, 0.5) is 10.7 Å². The fourth-order valence-corrected chi connectivity index (χ4v) is 3.25. The van der Waals surface area contributed by atoms with Gasteiger partial charge in [0.2, 0.25) is 0 Å². The number of fused-ring (bicyclic) bond motifs is 3. The zero-order valence-electron chi connectivity index (χ0n) is 12.2. The molecular formula is C17H10N2O4S. The molecule has 1 N–H and O–H groups in total. The van der Waals surface area contributed by atoms with E-state index in [1.807, 2.05) is 30.3 Å². The van der Waals surface area contributed by atoms with Gasteiger partial charge in [-0.15, -0.1) is 0 Å². The van der Waals surface area contributed by atoms with Crippen molar-refractivity contribution >= 4 is 49.9 Å². The third kappa shape index (κ3) is 2.40. The minimum Gasteiger partial charge on any atom is -0.456 e. The monoisotopic (exact) mass is 338 g/mol. The Morgan fingerprint density at radius 2 is 1.88 bits per heavy atom. The van der Waals surface area contributed by atoms with Crippen molar-refractivity contribution in [1.82, 2.24) is 0 Å². The summed E-state index contributed by atoms with van der Waals surface area (Å²) in [5.41, 5.74) is 2.28. The van der Waals surface area contributed by atoms with Crippen LogP contribution in [-0.4, -0.2) is 10.8 Å². The molecule has 0 unspecified atom stereocenters. The van der Waals surface area contributed by atoms with E-state index in [0.29, 0.717) is 11.3 Å². The first-order chi connectivity index (χ1) is 11.6. The van der Waals surface area contributed by atoms with Crippen LogP contribution in [0, 0.1) is 10.1 Å². The van der Waals surface area contributed by atoms with Crippen LogP contribution in [0.2, 0.25) is 0 Å². The van der Waals surface area contributed by atoms with E-state index in [0.717, 1.165) is 27.7 Å². The molecule has 0 fully saturated rings. The largest absolute Gasteiger partial charge is 0.456 e. The van der Waals surface area contributed by atoms with Crippen LogP contribution in [0.15, 0.2) is 58.3 Å². The number of nitrogens with one attached hydrogen (secondary N) is 1. The molecule has 0 aliphatic carbocycles. The van der Waals surface area contributed by atoms with Gasteiger partial charge in [-0.2, -0.15) is 0 Å². The predicted molar refractivity (Wildman–Crippen MR) is 92.6 cm³/mol. The maximum absolute atomic E-state index is 12.2. The van der Waals surface area contributed by atoms with Gasteiger partial charge in [-0.3, -0.25) is 14.9 Å². The quantitative estimate of drug-likeness (QED) is 0.429. The highest BCUT2D eigenvalue weighted by atomic mass is 32.1. The average molecular weight is 338 g/mol. The van der Waals surface area contributed by atoms with Gasteiger partial charge >= 0.3 is 5.00 Å². The van der Waals surface area contributed by atoms with Gasteiger partial charge in [0.25, 0.3) is 5.91 Å². The van der Waals surface area contributed by atoms with Gasteiger partial charge in [0.15, 0.2) is 0 Å². The molecular weight excluding hydrogens is 328 g/mol. The Balaban J connectivity index is 1.65. The molecule has 24 heavy (non-hydrogen) atoms. The first-order valence-corrected chi connectivity index (χ1v) is 7.95. The Morgan fingerprint density at radius 1 is 1.08 bits per heavy atom. The Labute approximate surface area is 139 Å². The minimum atomic E-state index is -0.512. The van der Waals surface area contributed by atoms with E-state index in [2.05, 4.69) is 5.32 Å². The van der Waals surface area contributed by atoms with Gasteiger partial charge in [-0.1, -0.05) is 29.5 Å². The molecule has 0 radical (unpaired) electrons. The van der Waals surface area contributed by atoms with E-state index in [4.69, 9.17) is 4.42 Å². The molecule has 0 saturated carbocycles. The second-order valence-corrected chi connectivity index (χ2v) is 6.08. The second-order valence-electron chi connectivity index (χ2n) is 5.19. The van der Waals surface area contributed by atoms with E-state index < -0.39 is 10.8 Å². The number of benzene rings is 2. The third-order valence-corrected chi connectivity index (χ3v) is 4.54. The fourth-order valence-electron chi connectivity index (χ4n) is 2.55. The van der Waals surface area contributed by atoms with E-state index in [1.54, 1.807) is 12.1 Å². The highest BCUT2D eigenvalue weighted by Gasteiger charge is 2.15. The lowest BCUT2D eigenvalue weighted by Gasteiger charge is -2.03. The molecule has 2 aromatic heterocycles. The van der Waals surface area contributed by atoms with Crippen LogP contribution in [0.1, 0.15) is 10.4 Å². The van der Waals surface area contributed by atoms with E-state index in [-0.39, 0.29) is 10.6 Å². The molecule has 118 valence electrons. The summed E-state index contributed by atoms with van der Waals surface area (Å²) in [6, 6.07) is 14.4. The fraction of sp³-hybridized carbons (Fsp3) is 0. The number of nitro groups is 1. The summed E-state index contributed by atoms with van der Waals surface area (Å²) in [4.78, 5) is 22.4. The van der Waals surface area contributed by atoms with Crippen LogP contribution in [0.5, 0.6) is 0 Å². The van der Waals surface area contributed by atoms with Gasteiger partial charge in [-0.05, 0) is 18.2 Å². The van der Waals surface area contributed by atoms with Crippen molar-refractivity contribution in [2.45, 2.75) is 0 Å². The number of hydrogen-bond acceptors (Lipinski definition) is 5. The first kappa shape index (κ1) is 14.4. The van der Waals surface area contributed by atoms with Gasteiger partial charge in [0.1, 0.15) is 11.2 Å². The van der Waals surface area contributed by atoms with E-state index in [1.165, 1.54) is 11.4 Å². The molecule has 1 amide bonds. The standard InChI is InChI=1S/C17H10N2O4S/c20-17(10-7-16(19(21)22)24-9-10)18-11-5-6-13-12-3-1-2-4-14(12)23-15(13)8-11/h1-9H,(H,18,20). The number of carbonyl (C=O) groups is 1. The second kappa shape index (κ2) is 5.47. The molecule has 0 saturated heterocycles. The predicted octanol–water partition coefficient (Wildman–Crippen LogP) is 4.81. The van der Waals surface area contributed by atoms with Crippen LogP contribution in [0.3, 0.4) is 0 Å². The number of amides is 1. The lowest BCUT2D eigenvalue weighted by molar-refractivity contribution is -0.380. The van der Waals surface area contributed by atoms with Crippen LogP contribution >= 0.6 is 11.3 Å². The summed E-state index contributed by atoms with van der Waals surface area (Å²) in [6.45, 7) is 0. The van der Waals surface area contributed by atoms with Gasteiger partial charge < -0.3 is 9.73 Å². The van der Waals surface area contributed by atoms with Gasteiger partial charge in [0.05, 0.1) is 10.5 Å². The number of nitrogens with zero attached hydrogens (tertiary/aromatic N) is 1. The molecule has 0 bridgehead atoms. The third-order valence-electron chi connectivity index (χ3n) is 3.66. The van der Waals surface area contributed by atoms with Crippen molar-refractivity contribution in [2.24, 2.45) is 0 Å². The SMILES string of the molecule is O=C(Nc1ccc2c(c1)oc1ccccc12)c1csc([N+](=O)[O-])c1. The van der Waals surface area contributed by atoms with Crippen LogP contribution in [0.25, 0.3) is 21.9 Å². The lowest BCUT2D eigenvalue weighted by Crippen LogP contribution is -2.10. The van der Waals surface area contributed by atoms with Crippen LogP contribution in [-0.2, 0) is 0 Å². The van der Waals surface area contributed by atoms with Crippen molar-refractivity contribution in [3.63, 3.8) is 0 Å². The zero-order chi connectivity index (χ0) is 16.7. The van der Waals surface area contributed by atoms with Gasteiger partial charge in [0, 0.05) is 34.0 Å². The first-order valence-electron chi connectivity index (χ1n) is 7.07. The Hall–Kier alpha value is -3.19. The number of thiophene rings is 1. The van der Waals surface area contributed by atoms with Crippen molar-refractivity contribution in [3.8, 4) is 0 Å². The van der Waals surface area contributed by atoms with Gasteiger partial charge in [-0.25, -0.2) is 0 Å². The van der Waals surface area contributed by atoms with E-state index in [9.17, 15) is 14.9 Å². The molecule has 0 spiro atoms. The normalized spacial score (nSPS) is 11.0. The molecule has 4 rings (SSSR count). The summed E-state index contributed by atoms with van der Waals surface area (Å²) in [5.74, 6) is -0.394. The molecule has 0 aliphatic rings. The number of rotatable bonds is 3. The van der Waals surface area contributed by atoms with Crippen molar-refractivity contribution in [2.75, 3.05) is 5.32 Å². The molecule has 0 aliphatic heterocycles. The number of anilines is 1. The average Bonchev–Trinajstić information content (AvgIpc) is 3.19. The number of hydrogen-bond donors (Lipinski definition) is 1. The number of furan rings is 1. The maximum atomic E-state index is 12.2. The summed E-state index contributed by atoms with van der Waals surface area (Å²) in [5, 5.41) is 16.8. The maximum Gasteiger partial charge on any atom is 0.324 e. The smallest absolute Gasteiger partial charge is 0.324 e. The zero-order valence-corrected chi connectivity index (χ0v) is 13.0. The Bertz CT molecular complexity index is 1100. The molecule has 2 heterocycles. The number of carbonyl (C=O) groups excluding carboxylic acids is 1. The number of para-hydroxylation sites is 1. The summed E-state index contributed by atoms with van der Waals surface area (Å²) in [6.07, 6.45) is 0. The van der Waals surface area contributed by atoms with Crippen LogP contribution < -0.4 is 5.32 Å². The highest BCUT2D eigenvalue weighted by molar-refractivity contribution is 7.13. The molecule has 2 aromatic carbocycles. The highest BCUT2D eigenvalue weighted by Crippen LogP contribution is 2.30. The van der Waals surface area contributed by atoms with E-state index >= 15 is 0 Å². The lowest BCUT2D eigenvalue weighted by atomic mass is 10.1. The Kier molecular flexibility index (Phi) is 3.28.